The summed E-state index contributed by atoms with van der Waals surface area (Å²) in [4.78, 5) is 4.26. The van der Waals surface area contributed by atoms with E-state index < -0.39 is 0 Å². The molecule has 1 saturated carbocycles. The van der Waals surface area contributed by atoms with E-state index in [1.54, 1.807) is 0 Å². The summed E-state index contributed by atoms with van der Waals surface area (Å²) in [5.41, 5.74) is 2.53. The normalized spacial score (nSPS) is 21.2. The van der Waals surface area contributed by atoms with Crippen LogP contribution in [0.4, 0.5) is 0 Å². The van der Waals surface area contributed by atoms with Gasteiger partial charge in [-0.05, 0) is 18.9 Å². The quantitative estimate of drug-likeness (QED) is 0.912. The van der Waals surface area contributed by atoms with E-state index >= 15 is 0 Å². The number of hydrogen-bond donors (Lipinski definition) is 1. The van der Waals surface area contributed by atoms with Crippen molar-refractivity contribution in [3.05, 3.63) is 48.0 Å². The van der Waals surface area contributed by atoms with Gasteiger partial charge in [0.05, 0.1) is 18.1 Å². The fourth-order valence-corrected chi connectivity index (χ4v) is 2.71. The average Bonchev–Trinajstić information content (AvgIpc) is 3.04. The minimum Gasteiger partial charge on any atom is -0.491 e. The van der Waals surface area contributed by atoms with Gasteiger partial charge >= 0.3 is 0 Å². The van der Waals surface area contributed by atoms with Crippen molar-refractivity contribution in [2.45, 2.75) is 31.5 Å². The third kappa shape index (κ3) is 2.02. The molecule has 0 amide bonds. The van der Waals surface area contributed by atoms with Gasteiger partial charge in [-0.1, -0.05) is 18.2 Å². The standard InChI is InChI=1S/C15H17N3O/c1-2-4-15-13(3-1)14(9-19-15)17-8-12-7-16-10-18(12)11-5-6-11/h1-4,7,10-11,14,17H,5-6,8-9H2. The maximum absolute atomic E-state index is 5.69. The molecule has 0 radical (unpaired) electrons. The summed E-state index contributed by atoms with van der Waals surface area (Å²) in [6.07, 6.45) is 6.50. The summed E-state index contributed by atoms with van der Waals surface area (Å²) in [7, 11) is 0. The Morgan fingerprint density at radius 2 is 2.21 bits per heavy atom. The molecule has 1 fully saturated rings. The van der Waals surface area contributed by atoms with Crippen molar-refractivity contribution in [2.75, 3.05) is 6.61 Å². The maximum atomic E-state index is 5.69. The fraction of sp³-hybridized carbons (Fsp3) is 0.400. The lowest BCUT2D eigenvalue weighted by Gasteiger charge is -2.13. The van der Waals surface area contributed by atoms with Gasteiger partial charge in [0.2, 0.25) is 0 Å². The lowest BCUT2D eigenvalue weighted by Crippen LogP contribution is -2.23. The van der Waals surface area contributed by atoms with Gasteiger partial charge in [0.15, 0.2) is 0 Å². The summed E-state index contributed by atoms with van der Waals surface area (Å²) in [6.45, 7) is 1.57. The van der Waals surface area contributed by atoms with E-state index in [0.29, 0.717) is 12.1 Å². The number of ether oxygens (including phenoxy) is 1. The predicted octanol–water partition coefficient (Wildman–Crippen LogP) is 2.44. The van der Waals surface area contributed by atoms with Gasteiger partial charge in [0.1, 0.15) is 12.4 Å². The van der Waals surface area contributed by atoms with Crippen LogP contribution < -0.4 is 10.1 Å². The number of nitrogens with zero attached hydrogens (tertiary/aromatic N) is 2. The molecule has 1 aliphatic heterocycles. The van der Waals surface area contributed by atoms with Gasteiger partial charge in [-0.15, -0.1) is 0 Å². The summed E-state index contributed by atoms with van der Waals surface area (Å²) < 4.78 is 7.99. The number of para-hydroxylation sites is 1. The number of rotatable bonds is 4. The number of nitrogens with one attached hydrogen (secondary N) is 1. The smallest absolute Gasteiger partial charge is 0.124 e. The van der Waals surface area contributed by atoms with Crippen LogP contribution in [0.1, 0.15) is 36.2 Å². The molecule has 0 bridgehead atoms. The first-order chi connectivity index (χ1) is 9.42. The minimum atomic E-state index is 0.291. The Kier molecular flexibility index (Phi) is 2.55. The van der Waals surface area contributed by atoms with Crippen LogP contribution in [-0.2, 0) is 6.54 Å². The van der Waals surface area contributed by atoms with Crippen molar-refractivity contribution in [3.63, 3.8) is 0 Å². The number of imidazole rings is 1. The molecule has 2 aromatic rings. The van der Waals surface area contributed by atoms with Gasteiger partial charge < -0.3 is 14.6 Å². The van der Waals surface area contributed by atoms with Gasteiger partial charge in [-0.25, -0.2) is 4.98 Å². The topological polar surface area (TPSA) is 39.1 Å². The van der Waals surface area contributed by atoms with E-state index in [1.165, 1.54) is 24.1 Å². The Balaban J connectivity index is 1.47. The van der Waals surface area contributed by atoms with Crippen LogP contribution in [0, 0.1) is 0 Å². The second-order valence-corrected chi connectivity index (χ2v) is 5.31. The molecule has 1 atom stereocenters. The van der Waals surface area contributed by atoms with E-state index in [1.807, 2.05) is 24.7 Å². The summed E-state index contributed by atoms with van der Waals surface area (Å²) in [6, 6.07) is 9.23. The fourth-order valence-electron chi connectivity index (χ4n) is 2.71. The molecule has 98 valence electrons. The highest BCUT2D eigenvalue weighted by atomic mass is 16.5. The Morgan fingerprint density at radius 1 is 1.32 bits per heavy atom. The van der Waals surface area contributed by atoms with E-state index in [2.05, 4.69) is 27.0 Å². The lowest BCUT2D eigenvalue weighted by molar-refractivity contribution is 0.309. The highest BCUT2D eigenvalue weighted by molar-refractivity contribution is 5.39. The van der Waals surface area contributed by atoms with Gasteiger partial charge in [0.25, 0.3) is 0 Å². The summed E-state index contributed by atoms with van der Waals surface area (Å²) in [5.74, 6) is 1.01. The first-order valence-electron chi connectivity index (χ1n) is 6.87. The van der Waals surface area contributed by atoms with Crippen molar-refractivity contribution in [1.82, 2.24) is 14.9 Å². The van der Waals surface area contributed by atoms with Crippen molar-refractivity contribution in [3.8, 4) is 5.75 Å². The van der Waals surface area contributed by atoms with Crippen LogP contribution >= 0.6 is 0 Å². The zero-order valence-electron chi connectivity index (χ0n) is 10.7. The molecule has 4 heteroatoms. The molecule has 0 spiro atoms. The molecule has 1 unspecified atom stereocenters. The Morgan fingerprint density at radius 3 is 3.11 bits per heavy atom. The number of fused-ring (bicyclic) bond motifs is 1. The van der Waals surface area contributed by atoms with E-state index in [4.69, 9.17) is 4.74 Å². The van der Waals surface area contributed by atoms with Crippen LogP contribution in [0.5, 0.6) is 5.75 Å². The third-order valence-corrected chi connectivity index (χ3v) is 3.92. The van der Waals surface area contributed by atoms with Crippen molar-refractivity contribution in [2.24, 2.45) is 0 Å². The molecule has 2 aliphatic rings. The van der Waals surface area contributed by atoms with E-state index in [-0.39, 0.29) is 0 Å². The van der Waals surface area contributed by atoms with Crippen LogP contribution in [-0.4, -0.2) is 16.2 Å². The minimum absolute atomic E-state index is 0.291. The van der Waals surface area contributed by atoms with Crippen LogP contribution in [0.15, 0.2) is 36.8 Å². The highest BCUT2D eigenvalue weighted by Crippen LogP contribution is 2.36. The molecular formula is C15H17N3O. The molecule has 1 aromatic heterocycles. The van der Waals surface area contributed by atoms with Gasteiger partial charge in [-0.3, -0.25) is 0 Å². The van der Waals surface area contributed by atoms with Gasteiger partial charge in [-0.2, -0.15) is 0 Å². The highest BCUT2D eigenvalue weighted by Gasteiger charge is 2.26. The molecule has 0 saturated heterocycles. The molecule has 1 aliphatic carbocycles. The zero-order valence-corrected chi connectivity index (χ0v) is 10.7. The SMILES string of the molecule is c1ccc2c(c1)OCC2NCc1cncn1C1CC1. The van der Waals surface area contributed by atoms with Crippen molar-refractivity contribution in [1.29, 1.82) is 0 Å². The summed E-state index contributed by atoms with van der Waals surface area (Å²) in [5, 5.41) is 3.58. The monoisotopic (exact) mass is 255 g/mol. The third-order valence-electron chi connectivity index (χ3n) is 3.92. The Hall–Kier alpha value is -1.81. The molecule has 4 nitrogen and oxygen atoms in total. The molecule has 1 aromatic carbocycles. The second-order valence-electron chi connectivity index (χ2n) is 5.31. The second kappa shape index (κ2) is 4.38. The van der Waals surface area contributed by atoms with Crippen molar-refractivity contribution >= 4 is 0 Å². The molecular weight excluding hydrogens is 238 g/mol. The number of aromatic nitrogens is 2. The molecule has 1 N–H and O–H groups in total. The first kappa shape index (κ1) is 11.1. The maximum Gasteiger partial charge on any atom is 0.124 e. The average molecular weight is 255 g/mol. The number of benzene rings is 1. The van der Waals surface area contributed by atoms with E-state index in [9.17, 15) is 0 Å². The lowest BCUT2D eigenvalue weighted by atomic mass is 10.1. The zero-order chi connectivity index (χ0) is 12.7. The molecule has 19 heavy (non-hydrogen) atoms. The molecule has 2 heterocycles. The van der Waals surface area contributed by atoms with Gasteiger partial charge in [0, 0.05) is 24.3 Å². The van der Waals surface area contributed by atoms with Crippen LogP contribution in [0.3, 0.4) is 0 Å². The Bertz CT molecular complexity index is 589. The first-order valence-corrected chi connectivity index (χ1v) is 6.87. The predicted molar refractivity (Wildman–Crippen MR) is 72.0 cm³/mol. The van der Waals surface area contributed by atoms with Crippen molar-refractivity contribution < 1.29 is 4.74 Å². The van der Waals surface area contributed by atoms with Crippen LogP contribution in [0.2, 0.25) is 0 Å². The summed E-state index contributed by atoms with van der Waals surface area (Å²) >= 11 is 0. The molecule has 4 rings (SSSR count). The van der Waals surface area contributed by atoms with E-state index in [0.717, 1.165) is 18.9 Å². The van der Waals surface area contributed by atoms with Crippen LogP contribution in [0.25, 0.3) is 0 Å². The largest absolute Gasteiger partial charge is 0.491 e. The Labute approximate surface area is 112 Å². The number of hydrogen-bond acceptors (Lipinski definition) is 3.